The molecule has 74 valence electrons. The molecule has 0 saturated carbocycles. The molecular weight excluding hydrogens is 198 g/mol. The Morgan fingerprint density at radius 2 is 2.50 bits per heavy atom. The maximum Gasteiger partial charge on any atom is 0.102 e. The smallest absolute Gasteiger partial charge is 0.102 e. The molecule has 0 aromatic carbocycles. The number of aliphatic hydroxyl groups is 1. The van der Waals surface area contributed by atoms with Gasteiger partial charge in [-0.2, -0.15) is 0 Å². The van der Waals surface area contributed by atoms with Gasteiger partial charge in [-0.05, 0) is 0 Å². The number of rotatable bonds is 3. The molecule has 2 heterocycles. The minimum Gasteiger partial charge on any atom is -0.386 e. The van der Waals surface area contributed by atoms with Gasteiger partial charge >= 0.3 is 0 Å². The van der Waals surface area contributed by atoms with E-state index in [2.05, 4.69) is 9.97 Å². The van der Waals surface area contributed by atoms with Gasteiger partial charge in [0.05, 0.1) is 23.2 Å². The molecule has 0 radical (unpaired) electrons. The zero-order valence-corrected chi connectivity index (χ0v) is 8.61. The maximum atomic E-state index is 9.87. The minimum atomic E-state index is -0.520. The average Bonchev–Trinajstić information content (AvgIpc) is 2.75. The summed E-state index contributed by atoms with van der Waals surface area (Å²) in [6.07, 6.45) is 5.14. The van der Waals surface area contributed by atoms with Gasteiger partial charge in [-0.25, -0.2) is 9.97 Å². The number of aromatic nitrogens is 3. The second-order valence-corrected chi connectivity index (χ2v) is 4.05. The van der Waals surface area contributed by atoms with Crippen LogP contribution in [-0.4, -0.2) is 19.6 Å². The van der Waals surface area contributed by atoms with Crippen molar-refractivity contribution in [3.8, 4) is 0 Å². The molecule has 0 fully saturated rings. The molecule has 0 spiro atoms. The molecular formula is C9H11N3OS. The quantitative estimate of drug-likeness (QED) is 0.825. The lowest BCUT2D eigenvalue weighted by atomic mass is 10.2. The van der Waals surface area contributed by atoms with Gasteiger partial charge in [0.25, 0.3) is 0 Å². The van der Waals surface area contributed by atoms with E-state index in [1.165, 1.54) is 0 Å². The van der Waals surface area contributed by atoms with E-state index in [0.717, 1.165) is 10.7 Å². The molecule has 2 aromatic rings. The third kappa shape index (κ3) is 1.83. The van der Waals surface area contributed by atoms with Crippen LogP contribution in [0.25, 0.3) is 0 Å². The first-order valence-electron chi connectivity index (χ1n) is 4.30. The zero-order chi connectivity index (χ0) is 9.97. The third-order valence-corrected chi connectivity index (χ3v) is 2.85. The first kappa shape index (κ1) is 9.36. The summed E-state index contributed by atoms with van der Waals surface area (Å²) >= 11 is 1.55. The molecule has 0 saturated heterocycles. The Hall–Kier alpha value is -1.20. The normalized spacial score (nSPS) is 13.0. The Kier molecular flexibility index (Phi) is 2.60. The fourth-order valence-electron chi connectivity index (χ4n) is 1.31. The summed E-state index contributed by atoms with van der Waals surface area (Å²) in [5, 5.41) is 12.7. The molecule has 0 bridgehead atoms. The van der Waals surface area contributed by atoms with Crippen LogP contribution < -0.4 is 0 Å². The van der Waals surface area contributed by atoms with Gasteiger partial charge in [0.1, 0.15) is 6.10 Å². The number of nitrogens with zero attached hydrogens (tertiary/aromatic N) is 3. The predicted molar refractivity (Wildman–Crippen MR) is 54.0 cm³/mol. The summed E-state index contributed by atoms with van der Waals surface area (Å²) in [4.78, 5) is 8.08. The van der Waals surface area contributed by atoms with E-state index in [1.807, 2.05) is 17.0 Å². The zero-order valence-electron chi connectivity index (χ0n) is 7.79. The van der Waals surface area contributed by atoms with Gasteiger partial charge in [0.2, 0.25) is 0 Å². The van der Waals surface area contributed by atoms with Crippen LogP contribution in [0.3, 0.4) is 0 Å². The van der Waals surface area contributed by atoms with Gasteiger partial charge in [-0.15, -0.1) is 11.3 Å². The molecule has 0 aliphatic rings. The van der Waals surface area contributed by atoms with Crippen LogP contribution in [0.15, 0.2) is 24.1 Å². The third-order valence-electron chi connectivity index (χ3n) is 2.05. The minimum absolute atomic E-state index is 0.520. The standard InChI is InChI=1S/C9H11N3OS/c1-12-6-10-5-7(12)8(13)4-9-11-2-3-14-9/h2-3,5-6,8,13H,4H2,1H3. The van der Waals surface area contributed by atoms with Crippen LogP contribution in [0.2, 0.25) is 0 Å². The summed E-state index contributed by atoms with van der Waals surface area (Å²) in [6.45, 7) is 0. The van der Waals surface area contributed by atoms with Crippen molar-refractivity contribution in [2.45, 2.75) is 12.5 Å². The predicted octanol–water partition coefficient (Wildman–Crippen LogP) is 1.15. The number of imidazole rings is 1. The van der Waals surface area contributed by atoms with E-state index < -0.39 is 6.10 Å². The lowest BCUT2D eigenvalue weighted by molar-refractivity contribution is 0.170. The summed E-state index contributed by atoms with van der Waals surface area (Å²) < 4.78 is 1.82. The van der Waals surface area contributed by atoms with Crippen LogP contribution in [0.4, 0.5) is 0 Å². The fourth-order valence-corrected chi connectivity index (χ4v) is 1.97. The maximum absolute atomic E-state index is 9.87. The Balaban J connectivity index is 2.10. The van der Waals surface area contributed by atoms with E-state index in [9.17, 15) is 5.11 Å². The van der Waals surface area contributed by atoms with E-state index in [4.69, 9.17) is 0 Å². The van der Waals surface area contributed by atoms with Gasteiger partial charge < -0.3 is 9.67 Å². The van der Waals surface area contributed by atoms with E-state index in [1.54, 1.807) is 30.1 Å². The molecule has 2 aromatic heterocycles. The van der Waals surface area contributed by atoms with Crippen molar-refractivity contribution in [2.75, 3.05) is 0 Å². The van der Waals surface area contributed by atoms with E-state index >= 15 is 0 Å². The topological polar surface area (TPSA) is 50.9 Å². The summed E-state index contributed by atoms with van der Waals surface area (Å²) in [5.41, 5.74) is 0.820. The first-order valence-corrected chi connectivity index (χ1v) is 5.18. The molecule has 0 aliphatic heterocycles. The molecule has 5 heteroatoms. The highest BCUT2D eigenvalue weighted by Gasteiger charge is 2.12. The number of hydrogen-bond acceptors (Lipinski definition) is 4. The Labute approximate surface area is 85.9 Å². The molecule has 14 heavy (non-hydrogen) atoms. The number of hydrogen-bond donors (Lipinski definition) is 1. The Bertz CT molecular complexity index is 396. The van der Waals surface area contributed by atoms with Crippen LogP contribution in [0, 0.1) is 0 Å². The van der Waals surface area contributed by atoms with E-state index in [-0.39, 0.29) is 0 Å². The molecule has 2 rings (SSSR count). The van der Waals surface area contributed by atoms with Crippen LogP contribution in [0.5, 0.6) is 0 Å². The highest BCUT2D eigenvalue weighted by atomic mass is 32.1. The molecule has 1 N–H and O–H groups in total. The van der Waals surface area contributed by atoms with Crippen molar-refractivity contribution >= 4 is 11.3 Å². The number of thiazole rings is 1. The summed E-state index contributed by atoms with van der Waals surface area (Å²) in [6, 6.07) is 0. The van der Waals surface area contributed by atoms with Crippen molar-refractivity contribution in [3.63, 3.8) is 0 Å². The second kappa shape index (κ2) is 3.89. The molecule has 4 nitrogen and oxygen atoms in total. The molecule has 1 unspecified atom stereocenters. The van der Waals surface area contributed by atoms with Crippen molar-refractivity contribution in [2.24, 2.45) is 7.05 Å². The fraction of sp³-hybridized carbons (Fsp3) is 0.333. The summed E-state index contributed by atoms with van der Waals surface area (Å²) in [7, 11) is 1.87. The lowest BCUT2D eigenvalue weighted by Gasteiger charge is -2.08. The lowest BCUT2D eigenvalue weighted by Crippen LogP contribution is -2.06. The van der Waals surface area contributed by atoms with Gasteiger partial charge in [-0.3, -0.25) is 0 Å². The number of aliphatic hydroxyl groups excluding tert-OH is 1. The average molecular weight is 209 g/mol. The van der Waals surface area contributed by atoms with Crippen molar-refractivity contribution in [1.82, 2.24) is 14.5 Å². The largest absolute Gasteiger partial charge is 0.386 e. The molecule has 0 amide bonds. The van der Waals surface area contributed by atoms with Crippen molar-refractivity contribution in [3.05, 3.63) is 34.8 Å². The highest BCUT2D eigenvalue weighted by molar-refractivity contribution is 7.09. The first-order chi connectivity index (χ1) is 6.77. The van der Waals surface area contributed by atoms with E-state index in [0.29, 0.717) is 6.42 Å². The van der Waals surface area contributed by atoms with Crippen LogP contribution >= 0.6 is 11.3 Å². The Morgan fingerprint density at radius 3 is 3.07 bits per heavy atom. The van der Waals surface area contributed by atoms with Crippen LogP contribution in [0.1, 0.15) is 16.8 Å². The van der Waals surface area contributed by atoms with Crippen LogP contribution in [-0.2, 0) is 13.5 Å². The van der Waals surface area contributed by atoms with Crippen molar-refractivity contribution < 1.29 is 5.11 Å². The Morgan fingerprint density at radius 1 is 1.64 bits per heavy atom. The molecule has 0 aliphatic carbocycles. The SMILES string of the molecule is Cn1cncc1C(O)Cc1nccs1. The summed E-state index contributed by atoms with van der Waals surface area (Å²) in [5.74, 6) is 0. The van der Waals surface area contributed by atoms with Gasteiger partial charge in [0.15, 0.2) is 0 Å². The van der Waals surface area contributed by atoms with Gasteiger partial charge in [-0.1, -0.05) is 0 Å². The van der Waals surface area contributed by atoms with Crippen molar-refractivity contribution in [1.29, 1.82) is 0 Å². The van der Waals surface area contributed by atoms with Gasteiger partial charge in [0, 0.05) is 25.0 Å². The molecule has 1 atom stereocenters. The monoisotopic (exact) mass is 209 g/mol. The number of aryl methyl sites for hydroxylation is 1. The second-order valence-electron chi connectivity index (χ2n) is 3.08. The highest BCUT2D eigenvalue weighted by Crippen LogP contribution is 2.18.